The molecule has 1 aliphatic heterocycles. The second kappa shape index (κ2) is 7.51. The summed E-state index contributed by atoms with van der Waals surface area (Å²) in [6, 6.07) is 9.40. The van der Waals surface area contributed by atoms with E-state index in [1.54, 1.807) is 0 Å². The summed E-state index contributed by atoms with van der Waals surface area (Å²) in [5.74, 6) is -0.0987. The van der Waals surface area contributed by atoms with Crippen LogP contribution in [0.5, 0.6) is 0 Å². The van der Waals surface area contributed by atoms with Gasteiger partial charge in [0.05, 0.1) is 6.04 Å². The molecule has 0 saturated carbocycles. The van der Waals surface area contributed by atoms with Crippen LogP contribution < -0.4 is 5.73 Å². The molecule has 1 amide bonds. The number of amides is 1. The van der Waals surface area contributed by atoms with Gasteiger partial charge in [-0.05, 0) is 24.8 Å². The van der Waals surface area contributed by atoms with Crippen molar-refractivity contribution in [2.45, 2.75) is 31.9 Å². The van der Waals surface area contributed by atoms with Gasteiger partial charge in [-0.1, -0.05) is 30.3 Å². The lowest BCUT2D eigenvalue weighted by Crippen LogP contribution is -2.42. The van der Waals surface area contributed by atoms with Crippen LogP contribution in [0.25, 0.3) is 0 Å². The molecule has 1 heterocycles. The highest BCUT2D eigenvalue weighted by molar-refractivity contribution is 8.93. The van der Waals surface area contributed by atoms with Crippen molar-refractivity contribution in [3.8, 4) is 0 Å². The third-order valence-electron chi connectivity index (χ3n) is 2.92. The molecule has 0 aromatic heterocycles. The van der Waals surface area contributed by atoms with Gasteiger partial charge in [0, 0.05) is 6.54 Å². The molecule has 0 bridgehead atoms. The number of nitrogens with zero attached hydrogens (tertiary/aromatic N) is 1. The van der Waals surface area contributed by atoms with Gasteiger partial charge in [-0.25, -0.2) is 5.06 Å². The van der Waals surface area contributed by atoms with Crippen LogP contribution in [0.3, 0.4) is 0 Å². The summed E-state index contributed by atoms with van der Waals surface area (Å²) < 4.78 is 0. The Morgan fingerprint density at radius 1 is 1.28 bits per heavy atom. The lowest BCUT2D eigenvalue weighted by Gasteiger charge is -2.21. The molecule has 2 rings (SSSR count). The molecule has 18 heavy (non-hydrogen) atoms. The minimum absolute atomic E-state index is 0. The number of nitrogens with two attached hydrogens (primary N) is 1. The number of carbonyl (C=O) groups is 1. The molecule has 1 aromatic rings. The van der Waals surface area contributed by atoms with E-state index in [2.05, 4.69) is 0 Å². The van der Waals surface area contributed by atoms with Gasteiger partial charge in [0.2, 0.25) is 0 Å². The third-order valence-corrected chi connectivity index (χ3v) is 2.92. The SMILES string of the molecule is Br.N[C@H]1CCCCN(OCc2ccccc2)C1=O. The van der Waals surface area contributed by atoms with E-state index in [1.165, 1.54) is 5.06 Å². The van der Waals surface area contributed by atoms with Gasteiger partial charge in [0.25, 0.3) is 5.91 Å². The maximum absolute atomic E-state index is 11.8. The smallest absolute Gasteiger partial charge is 0.263 e. The molecule has 1 fully saturated rings. The maximum atomic E-state index is 11.8. The number of carbonyl (C=O) groups excluding carboxylic acids is 1. The largest absolute Gasteiger partial charge is 0.320 e. The zero-order chi connectivity index (χ0) is 12.1. The van der Waals surface area contributed by atoms with Crippen LogP contribution in [0.4, 0.5) is 0 Å². The van der Waals surface area contributed by atoms with Crippen LogP contribution in [-0.2, 0) is 16.2 Å². The number of hydrogen-bond acceptors (Lipinski definition) is 3. The first kappa shape index (κ1) is 15.1. The predicted molar refractivity (Wildman–Crippen MR) is 75.1 cm³/mol. The Morgan fingerprint density at radius 3 is 2.72 bits per heavy atom. The number of halogens is 1. The Labute approximate surface area is 118 Å². The molecule has 0 aliphatic carbocycles. The normalized spacial score (nSPS) is 20.2. The number of hydroxylamine groups is 2. The molecular weight excluding hydrogens is 296 g/mol. The van der Waals surface area contributed by atoms with Crippen molar-refractivity contribution in [2.24, 2.45) is 5.73 Å². The van der Waals surface area contributed by atoms with E-state index in [0.29, 0.717) is 13.2 Å². The standard InChI is InChI=1S/C13H18N2O2.BrH/c14-12-8-4-5-9-15(13(12)16)17-10-11-6-2-1-3-7-11;/h1-3,6-7,12H,4-5,8-10,14H2;1H/t12-;/m0./s1. The molecule has 4 nitrogen and oxygen atoms in total. The second-order valence-corrected chi connectivity index (χ2v) is 4.30. The van der Waals surface area contributed by atoms with Crippen LogP contribution in [0.15, 0.2) is 30.3 Å². The predicted octanol–water partition coefficient (Wildman–Crippen LogP) is 2.04. The summed E-state index contributed by atoms with van der Waals surface area (Å²) in [6.45, 7) is 1.05. The van der Waals surface area contributed by atoms with E-state index < -0.39 is 6.04 Å². The lowest BCUT2D eigenvalue weighted by atomic mass is 10.1. The zero-order valence-corrected chi connectivity index (χ0v) is 12.0. The van der Waals surface area contributed by atoms with Gasteiger partial charge in [0.15, 0.2) is 0 Å². The molecular formula is C13H19BrN2O2. The maximum Gasteiger partial charge on any atom is 0.263 e. The first-order chi connectivity index (χ1) is 8.27. The Kier molecular flexibility index (Phi) is 6.32. The highest BCUT2D eigenvalue weighted by Gasteiger charge is 2.24. The molecule has 0 radical (unpaired) electrons. The van der Waals surface area contributed by atoms with Gasteiger partial charge in [-0.3, -0.25) is 9.63 Å². The first-order valence-electron chi connectivity index (χ1n) is 6.01. The minimum atomic E-state index is -0.409. The van der Waals surface area contributed by atoms with Crippen molar-refractivity contribution in [1.82, 2.24) is 5.06 Å². The average Bonchev–Trinajstić information content (AvgIpc) is 2.52. The van der Waals surface area contributed by atoms with E-state index in [0.717, 1.165) is 24.8 Å². The van der Waals surface area contributed by atoms with Gasteiger partial charge in [0.1, 0.15) is 6.61 Å². The van der Waals surface area contributed by atoms with E-state index in [4.69, 9.17) is 10.6 Å². The average molecular weight is 315 g/mol. The van der Waals surface area contributed by atoms with Crippen molar-refractivity contribution < 1.29 is 9.63 Å². The van der Waals surface area contributed by atoms with E-state index in [-0.39, 0.29) is 22.9 Å². The minimum Gasteiger partial charge on any atom is -0.320 e. The van der Waals surface area contributed by atoms with Crippen LogP contribution in [-0.4, -0.2) is 23.6 Å². The highest BCUT2D eigenvalue weighted by Crippen LogP contribution is 2.12. The van der Waals surface area contributed by atoms with Gasteiger partial charge < -0.3 is 5.73 Å². The molecule has 1 aliphatic rings. The van der Waals surface area contributed by atoms with E-state index >= 15 is 0 Å². The number of hydrogen-bond donors (Lipinski definition) is 1. The topological polar surface area (TPSA) is 55.6 Å². The monoisotopic (exact) mass is 314 g/mol. The van der Waals surface area contributed by atoms with Gasteiger partial charge in [-0.15, -0.1) is 17.0 Å². The fourth-order valence-corrected chi connectivity index (χ4v) is 1.89. The van der Waals surface area contributed by atoms with Crippen LogP contribution >= 0.6 is 17.0 Å². The first-order valence-corrected chi connectivity index (χ1v) is 6.01. The lowest BCUT2D eigenvalue weighted by molar-refractivity contribution is -0.191. The Balaban J connectivity index is 0.00000162. The molecule has 1 atom stereocenters. The third kappa shape index (κ3) is 4.08. The fourth-order valence-electron chi connectivity index (χ4n) is 1.89. The quantitative estimate of drug-likeness (QED) is 0.929. The Morgan fingerprint density at radius 2 is 2.00 bits per heavy atom. The Hall–Kier alpha value is -0.910. The van der Waals surface area contributed by atoms with Crippen LogP contribution in [0, 0.1) is 0 Å². The molecule has 100 valence electrons. The van der Waals surface area contributed by atoms with Crippen molar-refractivity contribution in [3.63, 3.8) is 0 Å². The summed E-state index contributed by atoms with van der Waals surface area (Å²) in [4.78, 5) is 17.4. The summed E-state index contributed by atoms with van der Waals surface area (Å²) in [6.07, 6.45) is 2.69. The van der Waals surface area contributed by atoms with Crippen LogP contribution in [0.2, 0.25) is 0 Å². The summed E-state index contributed by atoms with van der Waals surface area (Å²) in [7, 11) is 0. The fraction of sp³-hybridized carbons (Fsp3) is 0.462. The Bertz CT molecular complexity index is 373. The summed E-state index contributed by atoms with van der Waals surface area (Å²) >= 11 is 0. The van der Waals surface area contributed by atoms with Crippen molar-refractivity contribution in [2.75, 3.05) is 6.54 Å². The molecule has 2 N–H and O–H groups in total. The van der Waals surface area contributed by atoms with Gasteiger partial charge in [-0.2, -0.15) is 0 Å². The van der Waals surface area contributed by atoms with Gasteiger partial charge >= 0.3 is 0 Å². The number of benzene rings is 1. The molecule has 1 aromatic carbocycles. The molecule has 0 unspecified atom stereocenters. The second-order valence-electron chi connectivity index (χ2n) is 4.30. The van der Waals surface area contributed by atoms with E-state index in [9.17, 15) is 4.79 Å². The molecule has 0 spiro atoms. The van der Waals surface area contributed by atoms with Crippen molar-refractivity contribution in [3.05, 3.63) is 35.9 Å². The zero-order valence-electron chi connectivity index (χ0n) is 10.2. The molecule has 1 saturated heterocycles. The van der Waals surface area contributed by atoms with Crippen LogP contribution in [0.1, 0.15) is 24.8 Å². The van der Waals surface area contributed by atoms with Crippen molar-refractivity contribution in [1.29, 1.82) is 0 Å². The highest BCUT2D eigenvalue weighted by atomic mass is 79.9. The number of rotatable bonds is 3. The summed E-state index contributed by atoms with van der Waals surface area (Å²) in [5.41, 5.74) is 6.82. The van der Waals surface area contributed by atoms with Crippen molar-refractivity contribution >= 4 is 22.9 Å². The summed E-state index contributed by atoms with van der Waals surface area (Å²) in [5, 5.41) is 1.42. The molecule has 5 heteroatoms. The van der Waals surface area contributed by atoms with E-state index in [1.807, 2.05) is 30.3 Å².